The highest BCUT2D eigenvalue weighted by Crippen LogP contribution is 2.69. The number of hydrogen-bond donors (Lipinski definition) is 1. The normalized spacial score (nSPS) is 35.4. The van der Waals surface area contributed by atoms with E-state index in [0.29, 0.717) is 17.8 Å². The van der Waals surface area contributed by atoms with Crippen molar-refractivity contribution in [3.8, 4) is 0 Å². The third-order valence-corrected chi connectivity index (χ3v) is 4.15. The maximum absolute atomic E-state index is 10.0. The molecule has 1 saturated carbocycles. The highest BCUT2D eigenvalue weighted by molar-refractivity contribution is 5.38. The summed E-state index contributed by atoms with van der Waals surface area (Å²) in [7, 11) is 0. The molecule has 0 heterocycles. The lowest BCUT2D eigenvalue weighted by molar-refractivity contribution is 0.204. The Bertz CT molecular complexity index is 298. The van der Waals surface area contributed by atoms with Crippen LogP contribution in [0.25, 0.3) is 0 Å². The Morgan fingerprint density at radius 2 is 2.29 bits per heavy atom. The molecule has 2 aliphatic rings. The van der Waals surface area contributed by atoms with Crippen LogP contribution in [0.1, 0.15) is 33.6 Å². The van der Waals surface area contributed by atoms with E-state index in [9.17, 15) is 5.11 Å². The van der Waals surface area contributed by atoms with Crippen LogP contribution in [0.2, 0.25) is 0 Å². The van der Waals surface area contributed by atoms with Gasteiger partial charge in [0, 0.05) is 0 Å². The number of allylic oxidation sites excluding steroid dienone is 1. The van der Waals surface area contributed by atoms with Crippen LogP contribution in [0.3, 0.4) is 0 Å². The molecule has 0 radical (unpaired) electrons. The molecular formula is C13H20O. The average molecular weight is 192 g/mol. The highest BCUT2D eigenvalue weighted by Gasteiger charge is 2.62. The predicted molar refractivity (Wildman–Crippen MR) is 58.9 cm³/mol. The second-order valence-electron chi connectivity index (χ2n) is 5.39. The lowest BCUT2D eigenvalue weighted by Crippen LogP contribution is -2.14. The number of rotatable bonds is 3. The monoisotopic (exact) mass is 192 g/mol. The van der Waals surface area contributed by atoms with Crippen LogP contribution in [0.4, 0.5) is 0 Å². The Morgan fingerprint density at radius 3 is 2.79 bits per heavy atom. The minimum absolute atomic E-state index is 0.274. The first-order chi connectivity index (χ1) is 6.50. The first-order valence-corrected chi connectivity index (χ1v) is 5.48. The number of aliphatic hydroxyl groups excluding tert-OH is 1. The van der Waals surface area contributed by atoms with E-state index in [0.717, 1.165) is 5.92 Å². The van der Waals surface area contributed by atoms with Gasteiger partial charge < -0.3 is 5.11 Å². The van der Waals surface area contributed by atoms with Gasteiger partial charge in [-0.3, -0.25) is 0 Å². The number of hydrogen-bond acceptors (Lipinski definition) is 1. The summed E-state index contributed by atoms with van der Waals surface area (Å²) in [5.74, 6) is 1.45. The van der Waals surface area contributed by atoms with E-state index in [1.165, 1.54) is 17.6 Å². The maximum Gasteiger partial charge on any atom is 0.0789 e. The minimum Gasteiger partial charge on any atom is -0.388 e. The summed E-state index contributed by atoms with van der Waals surface area (Å²) in [5, 5.41) is 10.0. The van der Waals surface area contributed by atoms with E-state index < -0.39 is 0 Å². The van der Waals surface area contributed by atoms with E-state index in [2.05, 4.69) is 27.4 Å². The molecule has 0 aromatic rings. The fourth-order valence-electron chi connectivity index (χ4n) is 3.23. The molecule has 0 bridgehead atoms. The van der Waals surface area contributed by atoms with Crippen molar-refractivity contribution in [1.29, 1.82) is 0 Å². The van der Waals surface area contributed by atoms with Crippen LogP contribution in [-0.4, -0.2) is 11.2 Å². The van der Waals surface area contributed by atoms with Gasteiger partial charge >= 0.3 is 0 Å². The maximum atomic E-state index is 10.0. The second kappa shape index (κ2) is 2.96. The fraction of sp³-hybridized carbons (Fsp3) is 0.692. The molecule has 0 saturated heterocycles. The van der Waals surface area contributed by atoms with Gasteiger partial charge in [0.15, 0.2) is 0 Å². The second-order valence-corrected chi connectivity index (χ2v) is 5.39. The Morgan fingerprint density at radius 1 is 1.64 bits per heavy atom. The summed E-state index contributed by atoms with van der Waals surface area (Å²) in [6.07, 6.45) is 3.44. The van der Waals surface area contributed by atoms with E-state index in [1.807, 2.05) is 6.08 Å². The van der Waals surface area contributed by atoms with Gasteiger partial charge in [0.2, 0.25) is 0 Å². The molecule has 0 aromatic heterocycles. The summed E-state index contributed by atoms with van der Waals surface area (Å²) >= 11 is 0. The molecule has 1 nitrogen and oxygen atoms in total. The first kappa shape index (κ1) is 9.97. The van der Waals surface area contributed by atoms with Crippen LogP contribution in [0, 0.1) is 17.3 Å². The molecule has 0 spiro atoms. The van der Waals surface area contributed by atoms with Crippen molar-refractivity contribution in [1.82, 2.24) is 0 Å². The van der Waals surface area contributed by atoms with Gasteiger partial charge in [0.25, 0.3) is 0 Å². The molecule has 0 unspecified atom stereocenters. The average Bonchev–Trinajstić information content (AvgIpc) is 2.48. The standard InChI is InChI=1S/C13H20O/c1-5-6-10(14)11-8(2)7-9-12(11)13(9,3)4/h5,9-10,12,14H,1,6-7H2,2-4H3/t9-,10+,12-/m0/s1. The Kier molecular flexibility index (Phi) is 2.11. The summed E-state index contributed by atoms with van der Waals surface area (Å²) in [6, 6.07) is 0. The predicted octanol–water partition coefficient (Wildman–Crippen LogP) is 2.92. The lowest BCUT2D eigenvalue weighted by atomic mass is 9.91. The summed E-state index contributed by atoms with van der Waals surface area (Å²) in [5.41, 5.74) is 3.19. The van der Waals surface area contributed by atoms with Crippen molar-refractivity contribution in [3.63, 3.8) is 0 Å². The molecular weight excluding hydrogens is 172 g/mol. The number of fused-ring (bicyclic) bond motifs is 1. The van der Waals surface area contributed by atoms with Gasteiger partial charge in [-0.05, 0) is 42.6 Å². The van der Waals surface area contributed by atoms with E-state index in [4.69, 9.17) is 0 Å². The van der Waals surface area contributed by atoms with Crippen molar-refractivity contribution >= 4 is 0 Å². The van der Waals surface area contributed by atoms with Crippen molar-refractivity contribution in [3.05, 3.63) is 23.8 Å². The molecule has 0 aliphatic heterocycles. The van der Waals surface area contributed by atoms with E-state index in [1.54, 1.807) is 0 Å². The zero-order chi connectivity index (χ0) is 10.5. The van der Waals surface area contributed by atoms with Crippen LogP contribution in [0.15, 0.2) is 23.8 Å². The molecule has 2 rings (SSSR count). The molecule has 14 heavy (non-hydrogen) atoms. The van der Waals surface area contributed by atoms with Gasteiger partial charge in [-0.2, -0.15) is 0 Å². The molecule has 3 atom stereocenters. The third kappa shape index (κ3) is 1.18. The molecule has 1 fully saturated rings. The Balaban J connectivity index is 2.18. The summed E-state index contributed by atoms with van der Waals surface area (Å²) in [4.78, 5) is 0. The fourth-order valence-corrected chi connectivity index (χ4v) is 3.23. The van der Waals surface area contributed by atoms with Gasteiger partial charge in [-0.25, -0.2) is 0 Å². The van der Waals surface area contributed by atoms with Gasteiger partial charge in [0.1, 0.15) is 0 Å². The van der Waals surface area contributed by atoms with Crippen molar-refractivity contribution in [2.75, 3.05) is 0 Å². The van der Waals surface area contributed by atoms with Crippen LogP contribution in [-0.2, 0) is 0 Å². The highest BCUT2D eigenvalue weighted by atomic mass is 16.3. The molecule has 0 amide bonds. The Labute approximate surface area is 86.5 Å². The van der Waals surface area contributed by atoms with Crippen molar-refractivity contribution < 1.29 is 5.11 Å². The molecule has 2 aliphatic carbocycles. The number of aliphatic hydroxyl groups is 1. The quantitative estimate of drug-likeness (QED) is 0.682. The van der Waals surface area contributed by atoms with Gasteiger partial charge in [-0.15, -0.1) is 6.58 Å². The third-order valence-electron chi connectivity index (χ3n) is 4.15. The zero-order valence-electron chi connectivity index (χ0n) is 9.38. The summed E-state index contributed by atoms with van der Waals surface area (Å²) in [6.45, 7) is 10.5. The minimum atomic E-state index is -0.274. The molecule has 1 N–H and O–H groups in total. The largest absolute Gasteiger partial charge is 0.388 e. The van der Waals surface area contributed by atoms with Gasteiger partial charge in [-0.1, -0.05) is 25.5 Å². The molecule has 0 aromatic carbocycles. The van der Waals surface area contributed by atoms with Crippen LogP contribution < -0.4 is 0 Å². The summed E-state index contributed by atoms with van der Waals surface area (Å²) < 4.78 is 0. The van der Waals surface area contributed by atoms with Crippen molar-refractivity contribution in [2.45, 2.75) is 39.7 Å². The lowest BCUT2D eigenvalue weighted by Gasteiger charge is -2.17. The smallest absolute Gasteiger partial charge is 0.0789 e. The Hall–Kier alpha value is -0.560. The molecule has 1 heteroatoms. The topological polar surface area (TPSA) is 20.2 Å². The first-order valence-electron chi connectivity index (χ1n) is 5.48. The van der Waals surface area contributed by atoms with E-state index in [-0.39, 0.29) is 6.10 Å². The zero-order valence-corrected chi connectivity index (χ0v) is 9.38. The van der Waals surface area contributed by atoms with E-state index >= 15 is 0 Å². The van der Waals surface area contributed by atoms with Gasteiger partial charge in [0.05, 0.1) is 6.10 Å². The van der Waals surface area contributed by atoms with Crippen molar-refractivity contribution in [2.24, 2.45) is 17.3 Å². The molecule has 78 valence electrons. The van der Waals surface area contributed by atoms with Crippen LogP contribution >= 0.6 is 0 Å². The van der Waals surface area contributed by atoms with Crippen LogP contribution in [0.5, 0.6) is 0 Å². The SMILES string of the molecule is C=CC[C@@H](O)C1=C(C)C[C@H]2[C@@H]1C2(C)C.